The van der Waals surface area contributed by atoms with Gasteiger partial charge in [-0.3, -0.25) is 4.79 Å². The number of esters is 1. The second-order valence-corrected chi connectivity index (χ2v) is 4.92. The number of carbonyl (C=O) groups is 1. The average molecular weight is 260 g/mol. The molecule has 2 unspecified atom stereocenters. The van der Waals surface area contributed by atoms with Gasteiger partial charge >= 0.3 is 5.97 Å². The highest BCUT2D eigenvalue weighted by molar-refractivity contribution is 5.74. The summed E-state index contributed by atoms with van der Waals surface area (Å²) in [4.78, 5) is 15.6. The first-order valence-electron chi connectivity index (χ1n) is 6.50. The Morgan fingerprint density at radius 2 is 2.26 bits per heavy atom. The van der Waals surface area contributed by atoms with E-state index in [1.54, 1.807) is 6.33 Å². The van der Waals surface area contributed by atoms with Crippen LogP contribution in [0.15, 0.2) is 30.6 Å². The van der Waals surface area contributed by atoms with Crippen molar-refractivity contribution >= 4 is 17.0 Å². The Morgan fingerprint density at radius 1 is 1.42 bits per heavy atom. The van der Waals surface area contributed by atoms with Gasteiger partial charge in [0.2, 0.25) is 0 Å². The van der Waals surface area contributed by atoms with E-state index in [1.165, 1.54) is 0 Å². The van der Waals surface area contributed by atoms with Gasteiger partial charge in [-0.05, 0) is 12.1 Å². The van der Waals surface area contributed by atoms with E-state index in [0.29, 0.717) is 12.8 Å². The minimum atomic E-state index is -0.564. The van der Waals surface area contributed by atoms with Gasteiger partial charge < -0.3 is 14.4 Å². The third-order valence-corrected chi connectivity index (χ3v) is 3.45. The molecule has 1 N–H and O–H groups in total. The van der Waals surface area contributed by atoms with Crippen LogP contribution in [0.5, 0.6) is 0 Å². The summed E-state index contributed by atoms with van der Waals surface area (Å²) in [5.41, 5.74) is 2.04. The number of carbonyl (C=O) groups excluding carboxylic acids is 1. The summed E-state index contributed by atoms with van der Waals surface area (Å²) in [5, 5.41) is 9.56. The molecule has 0 radical (unpaired) electrons. The minimum absolute atomic E-state index is 0.116. The molecule has 1 fully saturated rings. The quantitative estimate of drug-likeness (QED) is 0.849. The molecule has 0 bridgehead atoms. The fraction of sp³-hybridized carbons (Fsp3) is 0.429. The molecular formula is C14H16N2O3. The number of aliphatic hydroxyl groups is 1. The number of aryl methyl sites for hydroxylation is 1. The normalized spacial score (nSPS) is 23.5. The molecule has 0 amide bonds. The van der Waals surface area contributed by atoms with Gasteiger partial charge in [-0.1, -0.05) is 12.1 Å². The van der Waals surface area contributed by atoms with Crippen molar-refractivity contribution in [1.29, 1.82) is 0 Å². The lowest BCUT2D eigenvalue weighted by atomic mass is 10.0. The number of imidazole rings is 1. The lowest BCUT2D eigenvalue weighted by molar-refractivity contribution is -0.160. The van der Waals surface area contributed by atoms with Crippen molar-refractivity contribution in [1.82, 2.24) is 9.55 Å². The molecule has 1 aliphatic heterocycles. The van der Waals surface area contributed by atoms with E-state index >= 15 is 0 Å². The zero-order valence-electron chi connectivity index (χ0n) is 10.5. The molecule has 5 nitrogen and oxygen atoms in total. The third-order valence-electron chi connectivity index (χ3n) is 3.45. The summed E-state index contributed by atoms with van der Waals surface area (Å²) in [6.45, 7) is 0.727. The molecule has 1 aromatic carbocycles. The maximum atomic E-state index is 11.3. The van der Waals surface area contributed by atoms with Crippen molar-refractivity contribution in [2.75, 3.05) is 0 Å². The van der Waals surface area contributed by atoms with E-state index in [4.69, 9.17) is 4.74 Å². The van der Waals surface area contributed by atoms with E-state index in [1.807, 2.05) is 28.8 Å². The lowest BCUT2D eigenvalue weighted by Crippen LogP contribution is -2.33. The molecule has 2 atom stereocenters. The number of hydrogen-bond acceptors (Lipinski definition) is 4. The second-order valence-electron chi connectivity index (χ2n) is 4.92. The number of fused-ring (bicyclic) bond motifs is 1. The van der Waals surface area contributed by atoms with Gasteiger partial charge in [-0.25, -0.2) is 4.98 Å². The summed E-state index contributed by atoms with van der Waals surface area (Å²) in [6.07, 6.45) is 2.38. The standard InChI is InChI=1S/C14H16N2O3/c17-10-7-11(19-14(18)8-10)5-6-16-9-15-12-3-1-2-4-13(12)16/h1-4,9-11,17H,5-8H2. The number of rotatable bonds is 3. The number of benzene rings is 1. The summed E-state index contributed by atoms with van der Waals surface area (Å²) in [6, 6.07) is 7.92. The first kappa shape index (κ1) is 12.2. The summed E-state index contributed by atoms with van der Waals surface area (Å²) < 4.78 is 7.28. The van der Waals surface area contributed by atoms with E-state index < -0.39 is 6.10 Å². The summed E-state index contributed by atoms with van der Waals surface area (Å²) in [5.74, 6) is -0.306. The number of hydrogen-bond donors (Lipinski definition) is 1. The number of aromatic nitrogens is 2. The Labute approximate surface area is 110 Å². The first-order chi connectivity index (χ1) is 9.22. The number of ether oxygens (including phenoxy) is 1. The molecule has 19 heavy (non-hydrogen) atoms. The van der Waals surface area contributed by atoms with E-state index in [9.17, 15) is 9.90 Å². The summed E-state index contributed by atoms with van der Waals surface area (Å²) in [7, 11) is 0. The fourth-order valence-electron chi connectivity index (χ4n) is 2.51. The van der Waals surface area contributed by atoms with Crippen molar-refractivity contribution in [2.24, 2.45) is 0 Å². The minimum Gasteiger partial charge on any atom is -0.462 e. The summed E-state index contributed by atoms with van der Waals surface area (Å²) >= 11 is 0. The van der Waals surface area contributed by atoms with Crippen molar-refractivity contribution < 1.29 is 14.6 Å². The zero-order valence-corrected chi connectivity index (χ0v) is 10.5. The predicted octanol–water partition coefficient (Wildman–Crippen LogP) is 1.49. The average Bonchev–Trinajstić information content (AvgIpc) is 2.78. The molecule has 0 spiro atoms. The number of aliphatic hydroxyl groups excluding tert-OH is 1. The van der Waals surface area contributed by atoms with Crippen LogP contribution in [0.1, 0.15) is 19.3 Å². The Bertz CT molecular complexity index is 593. The van der Waals surface area contributed by atoms with Crippen molar-refractivity contribution in [3.8, 4) is 0 Å². The molecule has 100 valence electrons. The van der Waals surface area contributed by atoms with Crippen LogP contribution in [-0.2, 0) is 16.1 Å². The maximum Gasteiger partial charge on any atom is 0.308 e. The monoisotopic (exact) mass is 260 g/mol. The molecular weight excluding hydrogens is 244 g/mol. The van der Waals surface area contributed by atoms with Gasteiger partial charge in [0.15, 0.2) is 0 Å². The molecule has 5 heteroatoms. The molecule has 1 aromatic heterocycles. The van der Waals surface area contributed by atoms with E-state index in [0.717, 1.165) is 17.6 Å². The Balaban J connectivity index is 1.67. The number of para-hydroxylation sites is 2. The van der Waals surface area contributed by atoms with Crippen LogP contribution < -0.4 is 0 Å². The van der Waals surface area contributed by atoms with Crippen LogP contribution in [-0.4, -0.2) is 32.8 Å². The zero-order chi connectivity index (χ0) is 13.2. The Morgan fingerprint density at radius 3 is 3.11 bits per heavy atom. The predicted molar refractivity (Wildman–Crippen MR) is 69.5 cm³/mol. The van der Waals surface area contributed by atoms with E-state index in [2.05, 4.69) is 4.98 Å². The van der Waals surface area contributed by atoms with Crippen LogP contribution in [0.4, 0.5) is 0 Å². The molecule has 0 saturated carbocycles. The Kier molecular flexibility index (Phi) is 3.21. The third kappa shape index (κ3) is 2.61. The number of cyclic esters (lactones) is 1. The fourth-order valence-corrected chi connectivity index (χ4v) is 2.51. The maximum absolute atomic E-state index is 11.3. The van der Waals surface area contributed by atoms with Crippen LogP contribution in [0.3, 0.4) is 0 Å². The SMILES string of the molecule is O=C1CC(O)CC(CCn2cnc3ccccc32)O1. The van der Waals surface area contributed by atoms with Gasteiger partial charge in [0.25, 0.3) is 0 Å². The van der Waals surface area contributed by atoms with Crippen molar-refractivity contribution in [2.45, 2.75) is 38.0 Å². The highest BCUT2D eigenvalue weighted by Crippen LogP contribution is 2.19. The molecule has 3 rings (SSSR count). The highest BCUT2D eigenvalue weighted by atomic mass is 16.5. The van der Waals surface area contributed by atoms with Gasteiger partial charge in [0, 0.05) is 19.4 Å². The lowest BCUT2D eigenvalue weighted by Gasteiger charge is -2.26. The van der Waals surface area contributed by atoms with Crippen LogP contribution in [0.25, 0.3) is 11.0 Å². The van der Waals surface area contributed by atoms with Gasteiger partial charge in [-0.15, -0.1) is 0 Å². The second kappa shape index (κ2) is 5.01. The van der Waals surface area contributed by atoms with Crippen molar-refractivity contribution in [3.05, 3.63) is 30.6 Å². The molecule has 2 heterocycles. The molecule has 1 saturated heterocycles. The van der Waals surface area contributed by atoms with Crippen LogP contribution in [0, 0.1) is 0 Å². The topological polar surface area (TPSA) is 64.3 Å². The van der Waals surface area contributed by atoms with Gasteiger partial charge in [0.05, 0.1) is 29.9 Å². The first-order valence-corrected chi connectivity index (χ1v) is 6.50. The van der Waals surface area contributed by atoms with Crippen LogP contribution >= 0.6 is 0 Å². The van der Waals surface area contributed by atoms with E-state index in [-0.39, 0.29) is 18.5 Å². The number of nitrogens with zero attached hydrogens (tertiary/aromatic N) is 2. The van der Waals surface area contributed by atoms with Crippen molar-refractivity contribution in [3.63, 3.8) is 0 Å². The van der Waals surface area contributed by atoms with Gasteiger partial charge in [0.1, 0.15) is 6.10 Å². The highest BCUT2D eigenvalue weighted by Gasteiger charge is 2.26. The molecule has 1 aliphatic rings. The molecule has 0 aliphatic carbocycles. The smallest absolute Gasteiger partial charge is 0.308 e. The largest absolute Gasteiger partial charge is 0.462 e. The van der Waals surface area contributed by atoms with Crippen LogP contribution in [0.2, 0.25) is 0 Å². The Hall–Kier alpha value is -1.88. The molecule has 2 aromatic rings. The van der Waals surface area contributed by atoms with Gasteiger partial charge in [-0.2, -0.15) is 0 Å².